The number of nitrogens with zero attached hydrogens (tertiary/aromatic N) is 2. The van der Waals surface area contributed by atoms with Gasteiger partial charge in [-0.3, -0.25) is 9.69 Å². The number of aryl methyl sites for hydroxylation is 1. The molecule has 3 heteroatoms. The van der Waals surface area contributed by atoms with E-state index in [4.69, 9.17) is 0 Å². The second-order valence-corrected chi connectivity index (χ2v) is 6.92. The third-order valence-electron chi connectivity index (χ3n) is 5.17. The maximum absolute atomic E-state index is 12.6. The van der Waals surface area contributed by atoms with E-state index in [1.807, 2.05) is 0 Å². The van der Waals surface area contributed by atoms with Crippen molar-refractivity contribution in [3.05, 3.63) is 35.4 Å². The van der Waals surface area contributed by atoms with Gasteiger partial charge < -0.3 is 4.90 Å². The number of benzene rings is 1. The zero-order valence-electron chi connectivity index (χ0n) is 13.8. The fraction of sp³-hybridized carbons (Fsp3) is 0.632. The number of hydrogen-bond donors (Lipinski definition) is 0. The van der Waals surface area contributed by atoms with Crippen LogP contribution in [0.3, 0.4) is 0 Å². The predicted molar refractivity (Wildman–Crippen MR) is 89.6 cm³/mol. The van der Waals surface area contributed by atoms with Gasteiger partial charge in [0.25, 0.3) is 0 Å². The van der Waals surface area contributed by atoms with Gasteiger partial charge in [0.05, 0.1) is 0 Å². The van der Waals surface area contributed by atoms with Gasteiger partial charge in [0.2, 0.25) is 5.91 Å². The SMILES string of the molecule is Cc1ccc(CN2CCN(C(=O)C3CCCCC3)CC2)cc1. The third-order valence-corrected chi connectivity index (χ3v) is 5.17. The molecule has 1 aliphatic carbocycles. The average Bonchev–Trinajstić information content (AvgIpc) is 2.58. The number of amides is 1. The summed E-state index contributed by atoms with van der Waals surface area (Å²) in [5, 5.41) is 0. The van der Waals surface area contributed by atoms with Crippen molar-refractivity contribution in [3.63, 3.8) is 0 Å². The highest BCUT2D eigenvalue weighted by Gasteiger charge is 2.28. The molecule has 2 aliphatic rings. The summed E-state index contributed by atoms with van der Waals surface area (Å²) in [6, 6.07) is 8.79. The van der Waals surface area contributed by atoms with E-state index in [2.05, 4.69) is 41.0 Å². The molecular formula is C19H28N2O. The van der Waals surface area contributed by atoms with Crippen LogP contribution >= 0.6 is 0 Å². The van der Waals surface area contributed by atoms with Crippen LogP contribution in [0.2, 0.25) is 0 Å². The molecule has 0 spiro atoms. The second kappa shape index (κ2) is 7.28. The smallest absolute Gasteiger partial charge is 0.225 e. The summed E-state index contributed by atoms with van der Waals surface area (Å²) in [6.07, 6.45) is 6.02. The van der Waals surface area contributed by atoms with Gasteiger partial charge in [0.15, 0.2) is 0 Å². The van der Waals surface area contributed by atoms with Crippen LogP contribution in [-0.4, -0.2) is 41.9 Å². The van der Waals surface area contributed by atoms with Crippen LogP contribution in [0, 0.1) is 12.8 Å². The van der Waals surface area contributed by atoms with E-state index in [0.29, 0.717) is 11.8 Å². The fourth-order valence-corrected chi connectivity index (χ4v) is 3.69. The topological polar surface area (TPSA) is 23.6 Å². The maximum Gasteiger partial charge on any atom is 0.225 e. The van der Waals surface area contributed by atoms with Crippen molar-refractivity contribution in [2.45, 2.75) is 45.6 Å². The number of carbonyl (C=O) groups excluding carboxylic acids is 1. The standard InChI is InChI=1S/C19H28N2O/c1-16-7-9-17(10-8-16)15-20-11-13-21(14-12-20)19(22)18-5-3-2-4-6-18/h7-10,18H,2-6,11-15H2,1H3. The van der Waals surface area contributed by atoms with E-state index in [1.54, 1.807) is 0 Å². The highest BCUT2D eigenvalue weighted by molar-refractivity contribution is 5.79. The van der Waals surface area contributed by atoms with E-state index in [9.17, 15) is 4.79 Å². The van der Waals surface area contributed by atoms with Crippen LogP contribution in [-0.2, 0) is 11.3 Å². The van der Waals surface area contributed by atoms with Gasteiger partial charge in [-0.2, -0.15) is 0 Å². The molecule has 1 saturated carbocycles. The van der Waals surface area contributed by atoms with Crippen molar-refractivity contribution in [1.29, 1.82) is 0 Å². The first-order chi connectivity index (χ1) is 10.7. The number of rotatable bonds is 3. The van der Waals surface area contributed by atoms with E-state index in [-0.39, 0.29) is 0 Å². The molecule has 3 rings (SSSR count). The lowest BCUT2D eigenvalue weighted by Gasteiger charge is -2.37. The quantitative estimate of drug-likeness (QED) is 0.856. The molecule has 0 radical (unpaired) electrons. The molecule has 1 amide bonds. The molecule has 0 bridgehead atoms. The molecule has 0 unspecified atom stereocenters. The summed E-state index contributed by atoms with van der Waals surface area (Å²) >= 11 is 0. The normalized spacial score (nSPS) is 21.0. The molecule has 1 saturated heterocycles. The molecule has 3 nitrogen and oxygen atoms in total. The Bertz CT molecular complexity index is 483. The molecule has 0 aromatic heterocycles. The van der Waals surface area contributed by atoms with Crippen molar-refractivity contribution in [1.82, 2.24) is 9.80 Å². The Morgan fingerprint density at radius 2 is 1.64 bits per heavy atom. The summed E-state index contributed by atoms with van der Waals surface area (Å²) in [4.78, 5) is 17.1. The summed E-state index contributed by atoms with van der Waals surface area (Å²) in [7, 11) is 0. The minimum atomic E-state index is 0.317. The van der Waals surface area contributed by atoms with Gasteiger partial charge in [-0.1, -0.05) is 49.1 Å². The van der Waals surface area contributed by atoms with Crippen LogP contribution in [0.4, 0.5) is 0 Å². The van der Waals surface area contributed by atoms with Crippen LogP contribution < -0.4 is 0 Å². The number of carbonyl (C=O) groups is 1. The van der Waals surface area contributed by atoms with Crippen LogP contribution in [0.5, 0.6) is 0 Å². The van der Waals surface area contributed by atoms with Gasteiger partial charge in [-0.05, 0) is 25.3 Å². The molecule has 0 N–H and O–H groups in total. The Morgan fingerprint density at radius 3 is 2.27 bits per heavy atom. The van der Waals surface area contributed by atoms with E-state index < -0.39 is 0 Å². The summed E-state index contributed by atoms with van der Waals surface area (Å²) in [5.74, 6) is 0.743. The first-order valence-corrected chi connectivity index (χ1v) is 8.79. The van der Waals surface area contributed by atoms with Gasteiger partial charge in [0, 0.05) is 38.6 Å². The molecule has 0 atom stereocenters. The molecule has 1 aromatic rings. The Kier molecular flexibility index (Phi) is 5.14. The monoisotopic (exact) mass is 300 g/mol. The molecule has 1 aromatic carbocycles. The minimum absolute atomic E-state index is 0.317. The maximum atomic E-state index is 12.6. The van der Waals surface area contributed by atoms with Crippen molar-refractivity contribution >= 4 is 5.91 Å². The van der Waals surface area contributed by atoms with E-state index >= 15 is 0 Å². The average molecular weight is 300 g/mol. The molecule has 2 fully saturated rings. The zero-order chi connectivity index (χ0) is 15.4. The highest BCUT2D eigenvalue weighted by Crippen LogP contribution is 2.26. The van der Waals surface area contributed by atoms with Crippen molar-refractivity contribution in [2.75, 3.05) is 26.2 Å². The first kappa shape index (κ1) is 15.5. The number of hydrogen-bond acceptors (Lipinski definition) is 2. The first-order valence-electron chi connectivity index (χ1n) is 8.79. The van der Waals surface area contributed by atoms with Gasteiger partial charge >= 0.3 is 0 Å². The Hall–Kier alpha value is -1.35. The van der Waals surface area contributed by atoms with Crippen LogP contribution in [0.1, 0.15) is 43.2 Å². The summed E-state index contributed by atoms with van der Waals surface area (Å²) < 4.78 is 0. The van der Waals surface area contributed by atoms with Crippen molar-refractivity contribution in [3.8, 4) is 0 Å². The predicted octanol–water partition coefficient (Wildman–Crippen LogP) is 3.22. The fourth-order valence-electron chi connectivity index (χ4n) is 3.69. The van der Waals surface area contributed by atoms with Gasteiger partial charge in [-0.15, -0.1) is 0 Å². The lowest BCUT2D eigenvalue weighted by Crippen LogP contribution is -2.50. The van der Waals surface area contributed by atoms with Crippen molar-refractivity contribution < 1.29 is 4.79 Å². The molecule has 22 heavy (non-hydrogen) atoms. The third kappa shape index (κ3) is 3.89. The molecular weight excluding hydrogens is 272 g/mol. The highest BCUT2D eigenvalue weighted by atomic mass is 16.2. The van der Waals surface area contributed by atoms with E-state index in [1.165, 1.54) is 30.4 Å². The van der Waals surface area contributed by atoms with Crippen LogP contribution in [0.15, 0.2) is 24.3 Å². The van der Waals surface area contributed by atoms with Gasteiger partial charge in [0.1, 0.15) is 0 Å². The second-order valence-electron chi connectivity index (χ2n) is 6.92. The van der Waals surface area contributed by atoms with E-state index in [0.717, 1.165) is 45.6 Å². The Balaban J connectivity index is 1.47. The lowest BCUT2D eigenvalue weighted by atomic mass is 9.88. The Labute approximate surface area is 134 Å². The molecule has 1 aliphatic heterocycles. The minimum Gasteiger partial charge on any atom is -0.340 e. The molecule has 120 valence electrons. The largest absolute Gasteiger partial charge is 0.340 e. The number of piperazine rings is 1. The van der Waals surface area contributed by atoms with Gasteiger partial charge in [-0.25, -0.2) is 0 Å². The molecule has 1 heterocycles. The zero-order valence-corrected chi connectivity index (χ0v) is 13.8. The van der Waals surface area contributed by atoms with Crippen molar-refractivity contribution in [2.24, 2.45) is 5.92 Å². The summed E-state index contributed by atoms with van der Waals surface area (Å²) in [5.41, 5.74) is 2.68. The lowest BCUT2D eigenvalue weighted by molar-refractivity contribution is -0.138. The summed E-state index contributed by atoms with van der Waals surface area (Å²) in [6.45, 7) is 6.95. The Morgan fingerprint density at radius 1 is 1.00 bits per heavy atom. The van der Waals surface area contributed by atoms with Crippen LogP contribution in [0.25, 0.3) is 0 Å².